The van der Waals surface area contributed by atoms with Crippen molar-refractivity contribution >= 4 is 5.91 Å². The van der Waals surface area contributed by atoms with E-state index in [9.17, 15) is 9.18 Å². The number of likely N-dealkylation sites (tertiary alicyclic amines) is 1. The van der Waals surface area contributed by atoms with Gasteiger partial charge in [0.2, 0.25) is 5.91 Å². The summed E-state index contributed by atoms with van der Waals surface area (Å²) in [7, 11) is 1.98. The van der Waals surface area contributed by atoms with E-state index in [0.29, 0.717) is 24.9 Å². The van der Waals surface area contributed by atoms with Crippen molar-refractivity contribution < 1.29 is 9.18 Å². The van der Waals surface area contributed by atoms with Crippen LogP contribution in [0.4, 0.5) is 4.39 Å². The Morgan fingerprint density at radius 1 is 1.38 bits per heavy atom. The van der Waals surface area contributed by atoms with Gasteiger partial charge in [-0.05, 0) is 32.3 Å². The summed E-state index contributed by atoms with van der Waals surface area (Å²) in [5, 5.41) is 3.24. The molecule has 1 amide bonds. The van der Waals surface area contributed by atoms with Crippen LogP contribution in [0.3, 0.4) is 0 Å². The van der Waals surface area contributed by atoms with Crippen LogP contribution in [-0.2, 0) is 18.4 Å². The number of rotatable bonds is 3. The van der Waals surface area contributed by atoms with Gasteiger partial charge in [-0.15, -0.1) is 0 Å². The van der Waals surface area contributed by atoms with Crippen LogP contribution in [0.1, 0.15) is 49.9 Å². The number of fused-ring (bicyclic) bond motifs is 1. The van der Waals surface area contributed by atoms with Crippen LogP contribution in [0.2, 0.25) is 0 Å². The lowest BCUT2D eigenvalue weighted by Crippen LogP contribution is -2.52. The van der Waals surface area contributed by atoms with Gasteiger partial charge < -0.3 is 9.88 Å². The largest absolute Gasteiger partial charge is 0.349 e. The maximum Gasteiger partial charge on any atom is 0.220 e. The molecular formula is C20H25FN4O. The summed E-state index contributed by atoms with van der Waals surface area (Å²) < 4.78 is 16.6. The second-order valence-corrected chi connectivity index (χ2v) is 7.78. The Labute approximate surface area is 153 Å². The van der Waals surface area contributed by atoms with Crippen LogP contribution >= 0.6 is 0 Å². The smallest absolute Gasteiger partial charge is 0.220 e. The summed E-state index contributed by atoms with van der Waals surface area (Å²) in [5.74, 6) is -0.0800. The molecule has 5 nitrogen and oxygen atoms in total. The minimum atomic E-state index is -0.348. The molecule has 1 aromatic carbocycles. The van der Waals surface area contributed by atoms with Crippen LogP contribution in [0.25, 0.3) is 0 Å². The fourth-order valence-corrected chi connectivity index (χ4v) is 4.67. The zero-order chi connectivity index (χ0) is 18.3. The molecule has 0 saturated carbocycles. The second-order valence-electron chi connectivity index (χ2n) is 7.78. The first-order valence-corrected chi connectivity index (χ1v) is 9.24. The molecule has 2 fully saturated rings. The summed E-state index contributed by atoms with van der Waals surface area (Å²) in [6, 6.07) is 7.10. The van der Waals surface area contributed by atoms with Gasteiger partial charge in [-0.1, -0.05) is 18.2 Å². The van der Waals surface area contributed by atoms with Crippen molar-refractivity contribution in [3.8, 4) is 0 Å². The number of benzene rings is 1. The van der Waals surface area contributed by atoms with E-state index in [1.807, 2.05) is 29.9 Å². The molecule has 2 aliphatic heterocycles. The number of hydrogen-bond acceptors (Lipinski definition) is 3. The van der Waals surface area contributed by atoms with Crippen molar-refractivity contribution in [2.24, 2.45) is 7.05 Å². The Bertz CT molecular complexity index is 820. The molecular weight excluding hydrogens is 331 g/mol. The van der Waals surface area contributed by atoms with Gasteiger partial charge in [-0.2, -0.15) is 0 Å². The highest BCUT2D eigenvalue weighted by Gasteiger charge is 2.51. The van der Waals surface area contributed by atoms with E-state index in [0.717, 1.165) is 18.5 Å². The van der Waals surface area contributed by atoms with E-state index in [1.165, 1.54) is 6.07 Å². The topological polar surface area (TPSA) is 50.2 Å². The number of carbonyl (C=O) groups excluding carboxylic acids is 1. The van der Waals surface area contributed by atoms with Crippen LogP contribution in [0.5, 0.6) is 0 Å². The number of aryl methyl sites for hydroxylation is 1. The van der Waals surface area contributed by atoms with Gasteiger partial charge in [-0.25, -0.2) is 9.37 Å². The van der Waals surface area contributed by atoms with Crippen LogP contribution in [0, 0.1) is 5.82 Å². The highest BCUT2D eigenvalue weighted by Crippen LogP contribution is 2.46. The number of amides is 1. The predicted molar refractivity (Wildman–Crippen MR) is 96.7 cm³/mol. The normalized spacial score (nSPS) is 29.3. The third-order valence-electron chi connectivity index (χ3n) is 5.99. The van der Waals surface area contributed by atoms with Crippen LogP contribution in [0.15, 0.2) is 36.8 Å². The number of nitrogens with one attached hydrogen (secondary N) is 1. The molecule has 0 unspecified atom stereocenters. The van der Waals surface area contributed by atoms with Gasteiger partial charge in [0.15, 0.2) is 0 Å². The third kappa shape index (κ3) is 2.92. The van der Waals surface area contributed by atoms with Crippen molar-refractivity contribution in [1.29, 1.82) is 0 Å². The zero-order valence-electron chi connectivity index (χ0n) is 15.3. The molecule has 3 atom stereocenters. The summed E-state index contributed by atoms with van der Waals surface area (Å²) in [5.41, 5.74) is 1.45. The van der Waals surface area contributed by atoms with Crippen LogP contribution < -0.4 is 5.32 Å². The SMILES string of the molecule is Cn1cncc1CN1[C@H]2CCCC(=O)N[C@@]2(C)C[C@H]1c1ccccc1F. The highest BCUT2D eigenvalue weighted by molar-refractivity contribution is 5.77. The van der Waals surface area contributed by atoms with Gasteiger partial charge in [-0.3, -0.25) is 9.69 Å². The Morgan fingerprint density at radius 3 is 2.92 bits per heavy atom. The fraction of sp³-hybridized carbons (Fsp3) is 0.500. The molecule has 0 spiro atoms. The Kier molecular flexibility index (Phi) is 4.31. The van der Waals surface area contributed by atoms with Gasteiger partial charge in [0, 0.05) is 43.9 Å². The van der Waals surface area contributed by atoms with Crippen LogP contribution in [-0.4, -0.2) is 31.9 Å². The third-order valence-corrected chi connectivity index (χ3v) is 5.99. The average Bonchev–Trinajstić information content (AvgIpc) is 3.06. The number of carbonyl (C=O) groups is 1. The lowest BCUT2D eigenvalue weighted by molar-refractivity contribution is -0.122. The fourth-order valence-electron chi connectivity index (χ4n) is 4.67. The molecule has 138 valence electrons. The molecule has 0 bridgehead atoms. The molecule has 3 heterocycles. The monoisotopic (exact) mass is 356 g/mol. The molecule has 0 aliphatic carbocycles. The number of halogens is 1. The number of imidazole rings is 1. The van der Waals surface area contributed by atoms with E-state index in [-0.39, 0.29) is 29.3 Å². The van der Waals surface area contributed by atoms with E-state index >= 15 is 0 Å². The zero-order valence-corrected chi connectivity index (χ0v) is 15.3. The van der Waals surface area contributed by atoms with Crippen molar-refractivity contribution in [1.82, 2.24) is 19.8 Å². The van der Waals surface area contributed by atoms with Crippen molar-refractivity contribution in [3.63, 3.8) is 0 Å². The van der Waals surface area contributed by atoms with Crippen molar-refractivity contribution in [2.45, 2.75) is 56.8 Å². The molecule has 4 rings (SSSR count). The first-order valence-electron chi connectivity index (χ1n) is 9.24. The molecule has 26 heavy (non-hydrogen) atoms. The lowest BCUT2D eigenvalue weighted by Gasteiger charge is -2.35. The Morgan fingerprint density at radius 2 is 2.19 bits per heavy atom. The summed E-state index contributed by atoms with van der Waals surface area (Å²) in [4.78, 5) is 18.8. The first-order chi connectivity index (χ1) is 12.5. The maximum absolute atomic E-state index is 14.6. The van der Waals surface area contributed by atoms with Gasteiger partial charge in [0.25, 0.3) is 0 Å². The predicted octanol–water partition coefficient (Wildman–Crippen LogP) is 2.93. The van der Waals surface area contributed by atoms with Crippen molar-refractivity contribution in [3.05, 3.63) is 53.9 Å². The number of nitrogens with zero attached hydrogens (tertiary/aromatic N) is 3. The molecule has 0 radical (unpaired) electrons. The van der Waals surface area contributed by atoms with Crippen molar-refractivity contribution in [2.75, 3.05) is 0 Å². The van der Waals surface area contributed by atoms with E-state index < -0.39 is 0 Å². The molecule has 2 saturated heterocycles. The number of hydrogen-bond donors (Lipinski definition) is 1. The Balaban J connectivity index is 1.75. The average molecular weight is 356 g/mol. The molecule has 1 N–H and O–H groups in total. The van der Waals surface area contributed by atoms with E-state index in [1.54, 1.807) is 12.4 Å². The van der Waals surface area contributed by atoms with Gasteiger partial charge >= 0.3 is 0 Å². The summed E-state index contributed by atoms with van der Waals surface area (Å²) in [6.07, 6.45) is 6.72. The van der Waals surface area contributed by atoms with E-state index in [2.05, 4.69) is 22.1 Å². The van der Waals surface area contributed by atoms with Gasteiger partial charge in [0.05, 0.1) is 17.6 Å². The summed E-state index contributed by atoms with van der Waals surface area (Å²) in [6.45, 7) is 2.80. The second kappa shape index (κ2) is 6.50. The maximum atomic E-state index is 14.6. The van der Waals surface area contributed by atoms with Gasteiger partial charge in [0.1, 0.15) is 5.82 Å². The summed E-state index contributed by atoms with van der Waals surface area (Å²) >= 11 is 0. The first kappa shape index (κ1) is 17.2. The minimum absolute atomic E-state index is 0.0699. The highest BCUT2D eigenvalue weighted by atomic mass is 19.1. The lowest BCUT2D eigenvalue weighted by atomic mass is 9.88. The standard InChI is InChI=1S/C20H25FN4O/c1-20-10-17(15-6-3-4-7-16(15)21)25(12-14-11-22-13-24(14)2)18(20)8-5-9-19(26)23-20/h3-4,6-7,11,13,17-18H,5,8-10,12H2,1-2H3,(H,23,26)/t17-,18-,20-/m0/s1. The number of aromatic nitrogens is 2. The minimum Gasteiger partial charge on any atom is -0.349 e. The van der Waals surface area contributed by atoms with E-state index in [4.69, 9.17) is 0 Å². The molecule has 6 heteroatoms. The molecule has 2 aromatic rings. The Hall–Kier alpha value is -2.21. The quantitative estimate of drug-likeness (QED) is 0.920. The molecule has 1 aromatic heterocycles. The molecule has 2 aliphatic rings.